The molecule has 0 unspecified atom stereocenters. The summed E-state index contributed by atoms with van der Waals surface area (Å²) >= 11 is 1.11. The van der Waals surface area contributed by atoms with Crippen LogP contribution in [0.3, 0.4) is 0 Å². The molecule has 0 rings (SSSR count). The zero-order chi connectivity index (χ0) is 7.66. The van der Waals surface area contributed by atoms with Crippen LogP contribution >= 0.6 is 0 Å². The van der Waals surface area contributed by atoms with Gasteiger partial charge in [0.2, 0.25) is 0 Å². The minimum absolute atomic E-state index is 1.11. The van der Waals surface area contributed by atoms with Gasteiger partial charge >= 0.3 is 101 Å². The topological polar surface area (TPSA) is 0 Å². The molecule has 0 spiro atoms. The summed E-state index contributed by atoms with van der Waals surface area (Å²) in [6.45, 7) is 2.28. The first-order valence-electron chi connectivity index (χ1n) is 4.91. The van der Waals surface area contributed by atoms with Gasteiger partial charge in [0.1, 0.15) is 0 Å². The van der Waals surface area contributed by atoms with Gasteiger partial charge < -0.3 is 0 Å². The Hall–Kier alpha value is 1.64. The fourth-order valence-corrected chi connectivity index (χ4v) is 1.99. The monoisotopic (exact) mass is 166 g/mol. The number of unbranched alkanes of at least 4 members (excludes halogenated alkanes) is 6. The summed E-state index contributed by atoms with van der Waals surface area (Å²) in [4.78, 5) is 0. The third kappa shape index (κ3) is 9.64. The third-order valence-corrected chi connectivity index (χ3v) is 3.06. The molecular formula is C9H19K. The van der Waals surface area contributed by atoms with Gasteiger partial charge in [-0.2, -0.15) is 0 Å². The molecule has 0 bridgehead atoms. The van der Waals surface area contributed by atoms with Crippen molar-refractivity contribution >= 4 is 49.0 Å². The van der Waals surface area contributed by atoms with Gasteiger partial charge in [0, 0.05) is 0 Å². The van der Waals surface area contributed by atoms with Crippen molar-refractivity contribution in [1.29, 1.82) is 0 Å². The second-order valence-electron chi connectivity index (χ2n) is 3.12. The molecule has 0 N–H and O–H groups in total. The molecule has 0 fully saturated rings. The zero-order valence-electron chi connectivity index (χ0n) is 7.66. The van der Waals surface area contributed by atoms with E-state index in [2.05, 4.69) is 6.92 Å². The molecule has 0 aromatic carbocycles. The first kappa shape index (κ1) is 11.6. The predicted octanol–water partition coefficient (Wildman–Crippen LogP) is 3.32. The van der Waals surface area contributed by atoms with Gasteiger partial charge in [-0.05, 0) is 0 Å². The van der Waals surface area contributed by atoms with E-state index in [9.17, 15) is 0 Å². The molecule has 0 heterocycles. The molecule has 0 saturated carbocycles. The SMILES string of the molecule is CCCCCCCC[CH2][K]. The quantitative estimate of drug-likeness (QED) is 0.402. The molecule has 0 atom stereocenters. The summed E-state index contributed by atoms with van der Waals surface area (Å²) in [5.74, 6) is 0. The first-order chi connectivity index (χ1) is 4.91. The van der Waals surface area contributed by atoms with E-state index >= 15 is 0 Å². The maximum atomic E-state index is 2.28. The van der Waals surface area contributed by atoms with Gasteiger partial charge in [-0.1, -0.05) is 0 Å². The molecule has 0 radical (unpaired) electrons. The van der Waals surface area contributed by atoms with Crippen LogP contribution in [0.1, 0.15) is 51.9 Å². The van der Waals surface area contributed by atoms with E-state index in [1.807, 2.05) is 0 Å². The van der Waals surface area contributed by atoms with E-state index in [4.69, 9.17) is 0 Å². The summed E-state index contributed by atoms with van der Waals surface area (Å²) in [7, 11) is 0. The summed E-state index contributed by atoms with van der Waals surface area (Å²) < 4.78 is 1.56. The van der Waals surface area contributed by atoms with Gasteiger partial charge in [0.15, 0.2) is 0 Å². The summed E-state index contributed by atoms with van der Waals surface area (Å²) in [6.07, 6.45) is 10.3. The molecule has 0 aliphatic heterocycles. The molecule has 56 valence electrons. The van der Waals surface area contributed by atoms with Gasteiger partial charge in [0.25, 0.3) is 0 Å². The van der Waals surface area contributed by atoms with Crippen LogP contribution in [0, 0.1) is 0 Å². The first-order valence-corrected chi connectivity index (χ1v) is 7.12. The second kappa shape index (κ2) is 10.6. The second-order valence-corrected chi connectivity index (χ2v) is 4.68. The van der Waals surface area contributed by atoms with E-state index in [1.165, 1.54) is 44.9 Å². The number of hydrogen-bond acceptors (Lipinski definition) is 0. The molecule has 0 aliphatic carbocycles. The van der Waals surface area contributed by atoms with Crippen LogP contribution in [0.5, 0.6) is 0 Å². The third-order valence-electron chi connectivity index (χ3n) is 1.96. The van der Waals surface area contributed by atoms with E-state index in [0.717, 1.165) is 49.0 Å². The van der Waals surface area contributed by atoms with Gasteiger partial charge in [0.05, 0.1) is 0 Å². The van der Waals surface area contributed by atoms with Gasteiger partial charge in [-0.15, -0.1) is 0 Å². The Kier molecular flexibility index (Phi) is 12.4. The Morgan fingerprint density at radius 2 is 1.30 bits per heavy atom. The van der Waals surface area contributed by atoms with Crippen LogP contribution in [-0.2, 0) is 0 Å². The molecule has 0 aromatic heterocycles. The van der Waals surface area contributed by atoms with Crippen LogP contribution in [0.25, 0.3) is 0 Å². The van der Waals surface area contributed by atoms with Crippen molar-refractivity contribution in [2.75, 3.05) is 0 Å². The average molecular weight is 166 g/mol. The van der Waals surface area contributed by atoms with Gasteiger partial charge in [-0.25, -0.2) is 0 Å². The Morgan fingerprint density at radius 1 is 0.800 bits per heavy atom. The number of hydrogen-bond donors (Lipinski definition) is 0. The van der Waals surface area contributed by atoms with E-state index < -0.39 is 0 Å². The van der Waals surface area contributed by atoms with Crippen molar-refractivity contribution in [2.24, 2.45) is 0 Å². The normalized spacial score (nSPS) is 10.3. The van der Waals surface area contributed by atoms with E-state index in [-0.39, 0.29) is 0 Å². The zero-order valence-corrected chi connectivity index (χ0v) is 10.8. The van der Waals surface area contributed by atoms with Crippen molar-refractivity contribution in [2.45, 2.75) is 52.4 Å². The Balaban J connectivity index is 2.65. The molecule has 0 aromatic rings. The van der Waals surface area contributed by atoms with Crippen molar-refractivity contribution in [1.82, 2.24) is 0 Å². The standard InChI is InChI=1S/C9H19.K/c1-3-5-7-9-8-6-4-2;/h1,3-9H2,2H3;. The van der Waals surface area contributed by atoms with E-state index in [0.29, 0.717) is 0 Å². The van der Waals surface area contributed by atoms with Crippen molar-refractivity contribution in [3.05, 3.63) is 0 Å². The molecule has 0 aliphatic rings. The Labute approximate surface area is 99.7 Å². The fourth-order valence-electron chi connectivity index (χ4n) is 1.21. The molecule has 0 saturated heterocycles. The molecule has 0 amide bonds. The average Bonchev–Trinajstić information content (AvgIpc) is 1.97. The summed E-state index contributed by atoms with van der Waals surface area (Å²) in [6, 6.07) is 0. The predicted molar refractivity (Wildman–Crippen MR) is 48.6 cm³/mol. The van der Waals surface area contributed by atoms with Crippen LogP contribution in [-0.4, -0.2) is 49.0 Å². The Morgan fingerprint density at radius 3 is 1.80 bits per heavy atom. The maximum absolute atomic E-state index is 2.28. The minimum atomic E-state index is 1.11. The molecule has 1 heteroatoms. The van der Waals surface area contributed by atoms with Crippen molar-refractivity contribution < 1.29 is 0 Å². The summed E-state index contributed by atoms with van der Waals surface area (Å²) in [5.41, 5.74) is 0. The Bertz CT molecular complexity index is 44.7. The van der Waals surface area contributed by atoms with Crippen LogP contribution in [0.2, 0.25) is 0.515 Å². The van der Waals surface area contributed by atoms with Crippen LogP contribution < -0.4 is 0 Å². The molecule has 0 nitrogen and oxygen atoms in total. The van der Waals surface area contributed by atoms with Gasteiger partial charge in [-0.3, -0.25) is 0 Å². The number of rotatable bonds is 7. The molecule has 10 heavy (non-hydrogen) atoms. The van der Waals surface area contributed by atoms with Crippen molar-refractivity contribution in [3.8, 4) is 0 Å². The summed E-state index contributed by atoms with van der Waals surface area (Å²) in [5, 5.41) is 0. The fraction of sp³-hybridized carbons (Fsp3) is 1.00. The molecular weight excluding hydrogens is 147 g/mol. The van der Waals surface area contributed by atoms with Crippen molar-refractivity contribution in [3.63, 3.8) is 0 Å². The van der Waals surface area contributed by atoms with Crippen LogP contribution in [0.4, 0.5) is 0 Å². The van der Waals surface area contributed by atoms with Crippen LogP contribution in [0.15, 0.2) is 0 Å². The van der Waals surface area contributed by atoms with E-state index in [1.54, 1.807) is 0.515 Å².